The fourth-order valence-electron chi connectivity index (χ4n) is 0.669. The molecule has 3 heteroatoms. The minimum atomic E-state index is -0.220. The summed E-state index contributed by atoms with van der Waals surface area (Å²) in [4.78, 5) is 1.40. The van der Waals surface area contributed by atoms with Crippen molar-refractivity contribution in [1.82, 2.24) is 0 Å². The molecule has 0 saturated heterocycles. The third kappa shape index (κ3) is 4.20. The van der Waals surface area contributed by atoms with Crippen molar-refractivity contribution >= 4 is 19.6 Å². The van der Waals surface area contributed by atoms with Gasteiger partial charge in [-0.1, -0.05) is 0 Å². The van der Waals surface area contributed by atoms with E-state index in [2.05, 4.69) is 46.0 Å². The zero-order chi connectivity index (χ0) is 7.94. The summed E-state index contributed by atoms with van der Waals surface area (Å²) in [6.45, 7) is 2.29. The third-order valence-electron chi connectivity index (χ3n) is 1.19. The van der Waals surface area contributed by atoms with Gasteiger partial charge < -0.3 is 0 Å². The molecule has 11 heavy (non-hydrogen) atoms. The first kappa shape index (κ1) is 9.63. The van der Waals surface area contributed by atoms with Gasteiger partial charge in [0.15, 0.2) is 0 Å². The zero-order valence-corrected chi connectivity index (χ0v) is 11.2. The summed E-state index contributed by atoms with van der Waals surface area (Å²) in [5.74, 6) is 0. The normalized spacial score (nSPS) is 9.18. The monoisotopic (exact) mass is 234 g/mol. The maximum absolute atomic E-state index is 2.29. The second-order valence-electron chi connectivity index (χ2n) is 2.22. The first-order chi connectivity index (χ1) is 5.43. The molecule has 56 valence electrons. The van der Waals surface area contributed by atoms with E-state index in [-0.39, 0.29) is 15.9 Å². The van der Waals surface area contributed by atoms with Crippen molar-refractivity contribution in [3.05, 3.63) is 30.3 Å². The van der Waals surface area contributed by atoms with Crippen LogP contribution in [0.2, 0.25) is 5.02 Å². The van der Waals surface area contributed by atoms with Gasteiger partial charge >= 0.3 is 82.7 Å². The molecule has 0 radical (unpaired) electrons. The van der Waals surface area contributed by atoms with Gasteiger partial charge in [0.25, 0.3) is 0 Å². The van der Waals surface area contributed by atoms with Crippen molar-refractivity contribution in [2.75, 3.05) is 0 Å². The average Bonchev–Trinajstić information content (AvgIpc) is 2.07. The number of rotatable bonds is 4. The van der Waals surface area contributed by atoms with Crippen LogP contribution in [0.25, 0.3) is 0 Å². The molecule has 0 aliphatic heterocycles. The second kappa shape index (κ2) is 6.10. The van der Waals surface area contributed by atoms with E-state index in [9.17, 15) is 0 Å². The van der Waals surface area contributed by atoms with E-state index < -0.39 is 0 Å². The molecule has 0 unspecified atom stereocenters. The predicted molar refractivity (Wildman–Crippen MR) is 50.4 cm³/mol. The molecule has 0 amide bonds. The van der Waals surface area contributed by atoms with Crippen molar-refractivity contribution in [2.45, 2.75) is 16.8 Å². The van der Waals surface area contributed by atoms with Crippen LogP contribution < -0.4 is 0 Å². The molecule has 0 fully saturated rings. The second-order valence-corrected chi connectivity index (χ2v) is 13.8. The average molecular weight is 236 g/mol. The summed E-state index contributed by atoms with van der Waals surface area (Å²) in [5, 5.41) is 1.44. The van der Waals surface area contributed by atoms with Crippen molar-refractivity contribution in [2.24, 2.45) is 0 Å². The van der Waals surface area contributed by atoms with Crippen molar-refractivity contribution in [3.63, 3.8) is 0 Å². The summed E-state index contributed by atoms with van der Waals surface area (Å²) in [6, 6.07) is 10.6. The summed E-state index contributed by atoms with van der Waals surface area (Å²) in [7, 11) is 4.06. The van der Waals surface area contributed by atoms with Crippen LogP contribution in [0.5, 0.6) is 0 Å². The van der Waals surface area contributed by atoms with E-state index >= 15 is 0 Å². The molecule has 0 bridgehead atoms. The topological polar surface area (TPSA) is 0 Å². The van der Waals surface area contributed by atoms with E-state index in [4.69, 9.17) is 0 Å². The van der Waals surface area contributed by atoms with Crippen LogP contribution in [0.1, 0.15) is 6.92 Å². The van der Waals surface area contributed by atoms with Crippen LogP contribution in [0, 0.1) is 0 Å². The Bertz CT molecular complexity index is 189. The van der Waals surface area contributed by atoms with Gasteiger partial charge in [-0.05, 0) is 0 Å². The molecule has 0 aliphatic rings. The molecule has 1 rings (SSSR count). The standard InChI is InChI=1S/C6H6S2.C2H5.Zn/c7-8-6-4-2-1-3-5-6;1-2;/h1-5,7H;1H2,2H3;/q;;+1/p-1. The van der Waals surface area contributed by atoms with Gasteiger partial charge in [-0.25, -0.2) is 0 Å². The van der Waals surface area contributed by atoms with Gasteiger partial charge in [0.05, 0.1) is 0 Å². The Balaban J connectivity index is 2.28. The molecular weight excluding hydrogens is 226 g/mol. The van der Waals surface area contributed by atoms with Crippen LogP contribution in [-0.4, -0.2) is 0 Å². The Kier molecular flexibility index (Phi) is 5.34. The Labute approximate surface area is 82.4 Å². The molecule has 0 spiro atoms. The molecule has 0 nitrogen and oxygen atoms in total. The van der Waals surface area contributed by atoms with Gasteiger partial charge in [0, 0.05) is 0 Å². The van der Waals surface area contributed by atoms with Gasteiger partial charge in [-0.2, -0.15) is 0 Å². The zero-order valence-electron chi connectivity index (χ0n) is 6.62. The number of hydrogen-bond acceptors (Lipinski definition) is 2. The molecule has 0 atom stereocenters. The Hall–Kier alpha value is 0.543. The fraction of sp³-hybridized carbons (Fsp3) is 0.250. The summed E-state index contributed by atoms with van der Waals surface area (Å²) in [6.07, 6.45) is 0. The summed E-state index contributed by atoms with van der Waals surface area (Å²) in [5.41, 5.74) is 0. The minimum absolute atomic E-state index is 0.220. The van der Waals surface area contributed by atoms with Gasteiger partial charge in [0.1, 0.15) is 0 Å². The van der Waals surface area contributed by atoms with Crippen molar-refractivity contribution < 1.29 is 15.9 Å². The van der Waals surface area contributed by atoms with Crippen LogP contribution in [0.3, 0.4) is 0 Å². The summed E-state index contributed by atoms with van der Waals surface area (Å²) >= 11 is -0.220. The summed E-state index contributed by atoms with van der Waals surface area (Å²) < 4.78 is 0. The third-order valence-corrected chi connectivity index (χ3v) is 11.7. The van der Waals surface area contributed by atoms with Crippen LogP contribution in [-0.2, 0) is 15.9 Å². The van der Waals surface area contributed by atoms with Gasteiger partial charge in [-0.3, -0.25) is 0 Å². The molecule has 1 aromatic rings. The Morgan fingerprint density at radius 3 is 2.64 bits per heavy atom. The molecule has 0 aliphatic carbocycles. The Morgan fingerprint density at radius 1 is 1.27 bits per heavy atom. The molecule has 1 aromatic carbocycles. The number of benzene rings is 1. The fourth-order valence-corrected chi connectivity index (χ4v) is 10.1. The molecule has 0 heterocycles. The van der Waals surface area contributed by atoms with E-state index in [1.807, 2.05) is 10.8 Å². The van der Waals surface area contributed by atoms with Gasteiger partial charge in [-0.15, -0.1) is 0 Å². The van der Waals surface area contributed by atoms with E-state index in [0.29, 0.717) is 0 Å². The predicted octanol–water partition coefficient (Wildman–Crippen LogP) is 3.86. The molecule has 0 saturated carbocycles. The van der Waals surface area contributed by atoms with Crippen molar-refractivity contribution in [3.8, 4) is 0 Å². The van der Waals surface area contributed by atoms with E-state index in [1.54, 1.807) is 0 Å². The first-order valence-corrected chi connectivity index (χ1v) is 11.8. The maximum atomic E-state index is 2.29. The number of hydrogen-bond donors (Lipinski definition) is 0. The van der Waals surface area contributed by atoms with Crippen LogP contribution >= 0.6 is 19.6 Å². The first-order valence-electron chi connectivity index (χ1n) is 3.78. The Morgan fingerprint density at radius 2 is 2.00 bits per heavy atom. The molecule has 0 aromatic heterocycles. The van der Waals surface area contributed by atoms with Crippen LogP contribution in [0.4, 0.5) is 0 Å². The SMILES string of the molecule is C[CH2][Zn][S]Sc1ccccc1. The van der Waals surface area contributed by atoms with E-state index in [1.165, 1.54) is 9.91 Å². The molecule has 0 N–H and O–H groups in total. The molecular formula is C8H10S2Zn. The van der Waals surface area contributed by atoms with E-state index in [0.717, 1.165) is 0 Å². The quantitative estimate of drug-likeness (QED) is 0.442. The van der Waals surface area contributed by atoms with Crippen molar-refractivity contribution in [1.29, 1.82) is 0 Å². The van der Waals surface area contributed by atoms with Gasteiger partial charge in [0.2, 0.25) is 0 Å². The van der Waals surface area contributed by atoms with Crippen LogP contribution in [0.15, 0.2) is 35.2 Å².